The van der Waals surface area contributed by atoms with E-state index in [4.69, 9.17) is 9.15 Å². The van der Waals surface area contributed by atoms with Crippen molar-refractivity contribution in [2.45, 2.75) is 25.6 Å². The lowest BCUT2D eigenvalue weighted by Crippen LogP contribution is -2.31. The minimum absolute atomic E-state index is 0.0287. The number of carbonyl (C=O) groups excluding carboxylic acids is 2. The minimum Gasteiger partial charge on any atom is -0.455 e. The lowest BCUT2D eigenvalue weighted by molar-refractivity contribution is -0.149. The lowest BCUT2D eigenvalue weighted by Gasteiger charge is -2.18. The fourth-order valence-electron chi connectivity index (χ4n) is 2.69. The molecule has 6 nitrogen and oxygen atoms in total. The van der Waals surface area contributed by atoms with Gasteiger partial charge in [0.1, 0.15) is 11.3 Å². The molecule has 0 spiro atoms. The second kappa shape index (κ2) is 8.93. The van der Waals surface area contributed by atoms with E-state index in [0.717, 1.165) is 28.4 Å². The number of thioether (sulfide) groups is 1. The first kappa shape index (κ1) is 19.9. The summed E-state index contributed by atoms with van der Waals surface area (Å²) in [5.74, 6) is -0.707. The summed E-state index contributed by atoms with van der Waals surface area (Å²) in [7, 11) is 1.70. The van der Waals surface area contributed by atoms with Gasteiger partial charge in [0.25, 0.3) is 11.1 Å². The number of likely N-dealkylation sites (N-methyl/N-ethyl adjacent to an activating group) is 1. The molecule has 2 aromatic carbocycles. The summed E-state index contributed by atoms with van der Waals surface area (Å²) in [6.07, 6.45) is 0. The quantitative estimate of drug-likeness (QED) is 0.446. The molecule has 1 heterocycles. The molecule has 1 amide bonds. The summed E-state index contributed by atoms with van der Waals surface area (Å²) < 4.78 is 10.6. The minimum atomic E-state index is -0.486. The Morgan fingerprint density at radius 2 is 1.96 bits per heavy atom. The van der Waals surface area contributed by atoms with Crippen molar-refractivity contribution < 1.29 is 18.7 Å². The molecule has 28 heavy (non-hydrogen) atoms. The van der Waals surface area contributed by atoms with Gasteiger partial charge in [0.15, 0.2) is 12.2 Å². The van der Waals surface area contributed by atoms with E-state index in [1.165, 1.54) is 5.56 Å². The number of oxazole rings is 1. The molecule has 0 fully saturated rings. The molecule has 0 aliphatic rings. The van der Waals surface area contributed by atoms with Crippen molar-refractivity contribution in [1.29, 1.82) is 0 Å². The number of benzene rings is 2. The Bertz CT molecular complexity index is 966. The zero-order valence-electron chi connectivity index (χ0n) is 16.1. The van der Waals surface area contributed by atoms with E-state index in [0.29, 0.717) is 17.4 Å². The highest BCUT2D eigenvalue weighted by molar-refractivity contribution is 7.99. The Balaban J connectivity index is 1.44. The topological polar surface area (TPSA) is 72.6 Å². The van der Waals surface area contributed by atoms with Crippen molar-refractivity contribution in [1.82, 2.24) is 9.88 Å². The van der Waals surface area contributed by atoms with Crippen molar-refractivity contribution in [3.8, 4) is 0 Å². The average molecular weight is 398 g/mol. The van der Waals surface area contributed by atoms with Gasteiger partial charge in [-0.1, -0.05) is 47.7 Å². The number of rotatable bonds is 7. The summed E-state index contributed by atoms with van der Waals surface area (Å²) in [4.78, 5) is 30.0. The maximum absolute atomic E-state index is 12.2. The molecule has 0 radical (unpaired) electrons. The second-order valence-electron chi connectivity index (χ2n) is 6.58. The van der Waals surface area contributed by atoms with Gasteiger partial charge in [-0.25, -0.2) is 4.98 Å². The van der Waals surface area contributed by atoms with Gasteiger partial charge in [-0.3, -0.25) is 9.59 Å². The average Bonchev–Trinajstić information content (AvgIpc) is 3.09. The van der Waals surface area contributed by atoms with Gasteiger partial charge in [-0.15, -0.1) is 0 Å². The van der Waals surface area contributed by atoms with E-state index in [-0.39, 0.29) is 18.3 Å². The number of aromatic nitrogens is 1. The Labute approximate surface area is 167 Å². The summed E-state index contributed by atoms with van der Waals surface area (Å²) in [5.41, 5.74) is 4.79. The van der Waals surface area contributed by atoms with Crippen molar-refractivity contribution >= 4 is 34.7 Å². The van der Waals surface area contributed by atoms with Gasteiger partial charge in [0, 0.05) is 13.6 Å². The fourth-order valence-corrected chi connectivity index (χ4v) is 3.33. The SMILES string of the molecule is Cc1ccc(CN(C)C(=O)COC(=O)CSc2nc3ccccc3o2)c(C)c1. The fraction of sp³-hybridized carbons (Fsp3) is 0.286. The van der Waals surface area contributed by atoms with Gasteiger partial charge >= 0.3 is 5.97 Å². The van der Waals surface area contributed by atoms with E-state index in [1.54, 1.807) is 11.9 Å². The highest BCUT2D eigenvalue weighted by atomic mass is 32.2. The van der Waals surface area contributed by atoms with Gasteiger partial charge < -0.3 is 14.1 Å². The summed E-state index contributed by atoms with van der Waals surface area (Å²) in [6, 6.07) is 13.5. The van der Waals surface area contributed by atoms with Crippen LogP contribution in [-0.2, 0) is 20.9 Å². The van der Waals surface area contributed by atoms with Crippen LogP contribution >= 0.6 is 11.8 Å². The van der Waals surface area contributed by atoms with Gasteiger partial charge in [0.05, 0.1) is 0 Å². The molecule has 1 aromatic heterocycles. The van der Waals surface area contributed by atoms with Crippen molar-refractivity contribution in [3.05, 3.63) is 59.2 Å². The van der Waals surface area contributed by atoms with E-state index >= 15 is 0 Å². The molecule has 0 N–H and O–H groups in total. The van der Waals surface area contributed by atoms with Crippen LogP contribution < -0.4 is 0 Å². The van der Waals surface area contributed by atoms with Crippen molar-refractivity contribution in [3.63, 3.8) is 0 Å². The smallest absolute Gasteiger partial charge is 0.316 e. The number of carbonyl (C=O) groups is 2. The second-order valence-corrected chi connectivity index (χ2v) is 7.50. The Morgan fingerprint density at radius 1 is 1.18 bits per heavy atom. The Morgan fingerprint density at radius 3 is 2.71 bits per heavy atom. The van der Waals surface area contributed by atoms with Crippen LogP contribution in [0.3, 0.4) is 0 Å². The highest BCUT2D eigenvalue weighted by Crippen LogP contribution is 2.23. The predicted octanol–water partition coefficient (Wildman–Crippen LogP) is 3.74. The molecule has 0 atom stereocenters. The predicted molar refractivity (Wildman–Crippen MR) is 108 cm³/mol. The summed E-state index contributed by atoms with van der Waals surface area (Å²) in [6.45, 7) is 4.24. The third-order valence-corrected chi connectivity index (χ3v) is 5.08. The maximum Gasteiger partial charge on any atom is 0.316 e. The number of amides is 1. The molecular formula is C21H22N2O4S. The molecule has 0 saturated carbocycles. The first-order chi connectivity index (χ1) is 13.4. The highest BCUT2D eigenvalue weighted by Gasteiger charge is 2.15. The monoisotopic (exact) mass is 398 g/mol. The zero-order valence-corrected chi connectivity index (χ0v) is 16.9. The Hall–Kier alpha value is -2.80. The number of aryl methyl sites for hydroxylation is 2. The van der Waals surface area contributed by atoms with E-state index in [9.17, 15) is 9.59 Å². The number of ether oxygens (including phenoxy) is 1. The van der Waals surface area contributed by atoms with Crippen LogP contribution in [0.2, 0.25) is 0 Å². The summed E-state index contributed by atoms with van der Waals surface area (Å²) >= 11 is 1.14. The Kier molecular flexibility index (Phi) is 6.36. The zero-order chi connectivity index (χ0) is 20.1. The lowest BCUT2D eigenvalue weighted by atomic mass is 10.1. The van der Waals surface area contributed by atoms with Crippen molar-refractivity contribution in [2.75, 3.05) is 19.4 Å². The molecule has 7 heteroatoms. The van der Waals surface area contributed by atoms with E-state index < -0.39 is 5.97 Å². The molecule has 0 bridgehead atoms. The molecule has 146 valence electrons. The molecule has 3 rings (SSSR count). The first-order valence-corrected chi connectivity index (χ1v) is 9.85. The molecular weight excluding hydrogens is 376 g/mol. The van der Waals surface area contributed by atoms with Gasteiger partial charge in [0.2, 0.25) is 0 Å². The summed E-state index contributed by atoms with van der Waals surface area (Å²) in [5, 5.41) is 0.399. The van der Waals surface area contributed by atoms with E-state index in [1.807, 2.05) is 50.2 Å². The first-order valence-electron chi connectivity index (χ1n) is 8.86. The standard InChI is InChI=1S/C21H22N2O4S/c1-14-8-9-16(15(2)10-14)11-23(3)19(24)12-26-20(25)13-28-21-22-17-6-4-5-7-18(17)27-21/h4-10H,11-13H2,1-3H3. The normalized spacial score (nSPS) is 10.8. The number of hydrogen-bond donors (Lipinski definition) is 0. The largest absolute Gasteiger partial charge is 0.455 e. The number of hydrogen-bond acceptors (Lipinski definition) is 6. The van der Waals surface area contributed by atoms with Crippen molar-refractivity contribution in [2.24, 2.45) is 0 Å². The van der Waals surface area contributed by atoms with Gasteiger partial charge in [-0.05, 0) is 37.1 Å². The van der Waals surface area contributed by atoms with Gasteiger partial charge in [-0.2, -0.15) is 0 Å². The molecule has 0 aliphatic heterocycles. The molecule has 0 aliphatic carbocycles. The molecule has 0 unspecified atom stereocenters. The number of para-hydroxylation sites is 2. The van der Waals surface area contributed by atoms with Crippen LogP contribution in [0.4, 0.5) is 0 Å². The van der Waals surface area contributed by atoms with E-state index in [2.05, 4.69) is 11.1 Å². The van der Waals surface area contributed by atoms with Crippen LogP contribution in [0.25, 0.3) is 11.1 Å². The van der Waals surface area contributed by atoms with Crippen LogP contribution in [0.5, 0.6) is 0 Å². The third-order valence-electron chi connectivity index (χ3n) is 4.28. The third kappa shape index (κ3) is 5.13. The molecule has 3 aromatic rings. The number of fused-ring (bicyclic) bond motifs is 1. The number of esters is 1. The maximum atomic E-state index is 12.2. The van der Waals surface area contributed by atoms with Crippen LogP contribution in [0.1, 0.15) is 16.7 Å². The van der Waals surface area contributed by atoms with Crippen LogP contribution in [0, 0.1) is 13.8 Å². The molecule has 0 saturated heterocycles. The van der Waals surface area contributed by atoms with Crippen LogP contribution in [-0.4, -0.2) is 41.2 Å². The number of nitrogens with zero attached hydrogens (tertiary/aromatic N) is 2. The van der Waals surface area contributed by atoms with Crippen LogP contribution in [0.15, 0.2) is 52.1 Å².